The largest absolute Gasteiger partial charge is 0.326 e. The third-order valence-electron chi connectivity index (χ3n) is 4.27. The number of hydrogen-bond donors (Lipinski definition) is 1. The second-order valence-electron chi connectivity index (χ2n) is 7.71. The number of anilines is 2. The molecule has 0 saturated carbocycles. The summed E-state index contributed by atoms with van der Waals surface area (Å²) in [5.41, 5.74) is 4.84. The molecule has 0 aromatic heterocycles. The lowest BCUT2D eigenvalue weighted by Gasteiger charge is -2.32. The van der Waals surface area contributed by atoms with Gasteiger partial charge in [0.2, 0.25) is 5.96 Å². The van der Waals surface area contributed by atoms with Crippen LogP contribution in [0.5, 0.6) is 0 Å². The van der Waals surface area contributed by atoms with Crippen molar-refractivity contribution in [1.82, 2.24) is 0 Å². The van der Waals surface area contributed by atoms with Crippen LogP contribution in [0.2, 0.25) is 0 Å². The molecule has 0 amide bonds. The van der Waals surface area contributed by atoms with Crippen molar-refractivity contribution in [2.75, 3.05) is 10.2 Å². The Balaban J connectivity index is 2.47. The van der Waals surface area contributed by atoms with Crippen LogP contribution in [-0.2, 0) is 0 Å². The van der Waals surface area contributed by atoms with Crippen LogP contribution in [0.15, 0.2) is 53.5 Å². The molecule has 2 aromatic carbocycles. The van der Waals surface area contributed by atoms with Gasteiger partial charge in [0.1, 0.15) is 0 Å². The molecule has 0 unspecified atom stereocenters. The third kappa shape index (κ3) is 5.10. The molecule has 0 aliphatic rings. The van der Waals surface area contributed by atoms with Gasteiger partial charge in [0, 0.05) is 23.5 Å². The number of benzene rings is 2. The summed E-state index contributed by atoms with van der Waals surface area (Å²) in [6, 6.07) is 17.6. The predicted molar refractivity (Wildman–Crippen MR) is 116 cm³/mol. The van der Waals surface area contributed by atoms with E-state index in [9.17, 15) is 0 Å². The second-order valence-corrected chi connectivity index (χ2v) is 7.71. The quantitative estimate of drug-likeness (QED) is 0.512. The summed E-state index contributed by atoms with van der Waals surface area (Å²) in [6.45, 7) is 15.2. The van der Waals surface area contributed by atoms with E-state index in [0.29, 0.717) is 5.92 Å². The van der Waals surface area contributed by atoms with Gasteiger partial charge in [-0.3, -0.25) is 0 Å². The fourth-order valence-corrected chi connectivity index (χ4v) is 3.00. The van der Waals surface area contributed by atoms with Crippen LogP contribution in [0.3, 0.4) is 0 Å². The number of hydrogen-bond acceptors (Lipinski definition) is 1. The Morgan fingerprint density at radius 2 is 1.50 bits per heavy atom. The summed E-state index contributed by atoms with van der Waals surface area (Å²) in [6.07, 6.45) is 0. The topological polar surface area (TPSA) is 27.6 Å². The number of aliphatic imine (C=N–C) groups is 1. The molecule has 0 aliphatic carbocycles. The van der Waals surface area contributed by atoms with Gasteiger partial charge in [0.15, 0.2) is 0 Å². The molecule has 0 fully saturated rings. The molecule has 140 valence electrons. The van der Waals surface area contributed by atoms with Crippen molar-refractivity contribution >= 4 is 17.3 Å². The lowest BCUT2D eigenvalue weighted by atomic mass is 10.0. The zero-order chi connectivity index (χ0) is 19.3. The van der Waals surface area contributed by atoms with Crippen molar-refractivity contribution in [2.45, 2.75) is 66.5 Å². The van der Waals surface area contributed by atoms with Gasteiger partial charge in [-0.2, -0.15) is 0 Å². The van der Waals surface area contributed by atoms with Crippen molar-refractivity contribution < 1.29 is 0 Å². The van der Waals surface area contributed by atoms with Crippen LogP contribution in [0.25, 0.3) is 0 Å². The standard InChI is InChI=1S/C23H33N3/c1-16(2)21-10-8-9-11-22(21)25-23(24-17(3)4)26(18(5)6)20-14-12-19(7)13-15-20/h8-18H,1-7H3,(H,24,25). The monoisotopic (exact) mass is 351 g/mol. The molecule has 3 heteroatoms. The summed E-state index contributed by atoms with van der Waals surface area (Å²) in [5, 5.41) is 3.63. The average Bonchev–Trinajstić information content (AvgIpc) is 2.56. The van der Waals surface area contributed by atoms with Crippen molar-refractivity contribution in [2.24, 2.45) is 4.99 Å². The van der Waals surface area contributed by atoms with Crippen LogP contribution in [0, 0.1) is 6.92 Å². The first-order chi connectivity index (χ1) is 12.3. The van der Waals surface area contributed by atoms with Gasteiger partial charge in [-0.05, 0) is 64.3 Å². The van der Waals surface area contributed by atoms with Gasteiger partial charge < -0.3 is 10.2 Å². The molecule has 2 aromatic rings. The molecule has 0 bridgehead atoms. The van der Waals surface area contributed by atoms with Gasteiger partial charge in [0.05, 0.1) is 0 Å². The zero-order valence-corrected chi connectivity index (χ0v) is 17.2. The maximum absolute atomic E-state index is 4.92. The van der Waals surface area contributed by atoms with Gasteiger partial charge >= 0.3 is 0 Å². The van der Waals surface area contributed by atoms with Crippen molar-refractivity contribution in [3.8, 4) is 0 Å². The van der Waals surface area contributed by atoms with Gasteiger partial charge in [-0.25, -0.2) is 4.99 Å². The van der Waals surface area contributed by atoms with Gasteiger partial charge in [0.25, 0.3) is 0 Å². The van der Waals surface area contributed by atoms with E-state index in [0.717, 1.165) is 17.3 Å². The lowest BCUT2D eigenvalue weighted by Crippen LogP contribution is -2.42. The van der Waals surface area contributed by atoms with Crippen LogP contribution in [0.4, 0.5) is 11.4 Å². The maximum atomic E-state index is 4.92. The minimum absolute atomic E-state index is 0.204. The molecule has 0 radical (unpaired) electrons. The first-order valence-electron chi connectivity index (χ1n) is 9.59. The molecule has 0 heterocycles. The number of aryl methyl sites for hydroxylation is 1. The number of nitrogens with zero attached hydrogens (tertiary/aromatic N) is 2. The normalized spacial score (nSPS) is 12.2. The van der Waals surface area contributed by atoms with E-state index in [2.05, 4.69) is 107 Å². The molecule has 2 rings (SSSR count). The van der Waals surface area contributed by atoms with Crippen molar-refractivity contribution in [1.29, 1.82) is 0 Å². The number of rotatable bonds is 5. The summed E-state index contributed by atoms with van der Waals surface area (Å²) in [4.78, 5) is 7.20. The SMILES string of the molecule is Cc1ccc(N(C(=NC(C)C)Nc2ccccc2C(C)C)C(C)C)cc1. The van der Waals surface area contributed by atoms with Crippen molar-refractivity contribution in [3.05, 3.63) is 59.7 Å². The third-order valence-corrected chi connectivity index (χ3v) is 4.27. The molecule has 1 N–H and O–H groups in total. The van der Waals surface area contributed by atoms with E-state index < -0.39 is 0 Å². The first-order valence-corrected chi connectivity index (χ1v) is 9.59. The smallest absolute Gasteiger partial charge is 0.203 e. The Kier molecular flexibility index (Phi) is 6.84. The highest BCUT2D eigenvalue weighted by atomic mass is 15.3. The van der Waals surface area contributed by atoms with Crippen LogP contribution in [-0.4, -0.2) is 18.0 Å². The molecular weight excluding hydrogens is 318 g/mol. The Morgan fingerprint density at radius 1 is 0.885 bits per heavy atom. The van der Waals surface area contributed by atoms with E-state index in [1.165, 1.54) is 11.1 Å². The molecule has 0 atom stereocenters. The zero-order valence-electron chi connectivity index (χ0n) is 17.2. The second kappa shape index (κ2) is 8.88. The number of para-hydroxylation sites is 1. The Hall–Kier alpha value is -2.29. The average molecular weight is 352 g/mol. The molecular formula is C23H33N3. The molecule has 26 heavy (non-hydrogen) atoms. The highest BCUT2D eigenvalue weighted by molar-refractivity contribution is 6.06. The maximum Gasteiger partial charge on any atom is 0.203 e. The van der Waals surface area contributed by atoms with E-state index >= 15 is 0 Å². The predicted octanol–water partition coefficient (Wildman–Crippen LogP) is 6.21. The Morgan fingerprint density at radius 3 is 2.04 bits per heavy atom. The number of nitrogens with one attached hydrogen (secondary N) is 1. The van der Waals surface area contributed by atoms with E-state index in [1.807, 2.05) is 0 Å². The highest BCUT2D eigenvalue weighted by Crippen LogP contribution is 2.26. The minimum Gasteiger partial charge on any atom is -0.326 e. The van der Waals surface area contributed by atoms with Gasteiger partial charge in [-0.1, -0.05) is 49.7 Å². The fourth-order valence-electron chi connectivity index (χ4n) is 3.00. The van der Waals surface area contributed by atoms with Crippen LogP contribution in [0.1, 0.15) is 58.6 Å². The molecule has 0 saturated heterocycles. The summed E-state index contributed by atoms with van der Waals surface area (Å²) >= 11 is 0. The number of guanidine groups is 1. The van der Waals surface area contributed by atoms with E-state index in [1.54, 1.807) is 0 Å². The van der Waals surface area contributed by atoms with Crippen LogP contribution >= 0.6 is 0 Å². The summed E-state index contributed by atoms with van der Waals surface area (Å²) in [5.74, 6) is 1.35. The van der Waals surface area contributed by atoms with E-state index in [4.69, 9.17) is 4.99 Å². The lowest BCUT2D eigenvalue weighted by molar-refractivity contribution is 0.778. The fraction of sp³-hybridized carbons (Fsp3) is 0.435. The Labute approximate surface area is 159 Å². The molecule has 0 spiro atoms. The minimum atomic E-state index is 0.204. The molecule has 0 aliphatic heterocycles. The molecule has 3 nitrogen and oxygen atoms in total. The van der Waals surface area contributed by atoms with Crippen molar-refractivity contribution in [3.63, 3.8) is 0 Å². The summed E-state index contributed by atoms with van der Waals surface area (Å²) < 4.78 is 0. The van der Waals surface area contributed by atoms with Gasteiger partial charge in [-0.15, -0.1) is 0 Å². The Bertz CT molecular complexity index is 727. The van der Waals surface area contributed by atoms with Crippen LogP contribution < -0.4 is 10.2 Å². The summed E-state index contributed by atoms with van der Waals surface area (Å²) in [7, 11) is 0. The first kappa shape index (κ1) is 20.0. The van der Waals surface area contributed by atoms with E-state index in [-0.39, 0.29) is 12.1 Å². The highest BCUT2D eigenvalue weighted by Gasteiger charge is 2.19.